The van der Waals surface area contributed by atoms with Crippen molar-refractivity contribution in [1.82, 2.24) is 20.2 Å². The van der Waals surface area contributed by atoms with E-state index in [0.717, 1.165) is 44.8 Å². The quantitative estimate of drug-likeness (QED) is 0.795. The van der Waals surface area contributed by atoms with Gasteiger partial charge in [-0.2, -0.15) is 0 Å². The molecule has 1 saturated heterocycles. The molecule has 2 heterocycles. The van der Waals surface area contributed by atoms with Crippen LogP contribution < -0.4 is 9.80 Å². The van der Waals surface area contributed by atoms with Gasteiger partial charge in [0.25, 0.3) is 0 Å². The monoisotopic (exact) mass is 360 g/mol. The second-order valence-corrected chi connectivity index (χ2v) is 7.84. The summed E-state index contributed by atoms with van der Waals surface area (Å²) in [7, 11) is 2.22. The van der Waals surface area contributed by atoms with Crippen LogP contribution in [0, 0.1) is 5.82 Å². The number of piperazine rings is 1. The van der Waals surface area contributed by atoms with Crippen LogP contribution in [0.1, 0.15) is 55.6 Å². The van der Waals surface area contributed by atoms with Gasteiger partial charge in [-0.3, -0.25) is 0 Å². The normalized spacial score (nSPS) is 25.9. The highest BCUT2D eigenvalue weighted by Crippen LogP contribution is 2.30. The van der Waals surface area contributed by atoms with Crippen LogP contribution in [-0.2, 0) is 0 Å². The van der Waals surface area contributed by atoms with Crippen molar-refractivity contribution in [2.45, 2.75) is 44.2 Å². The van der Waals surface area contributed by atoms with Crippen LogP contribution in [0.15, 0.2) is 24.3 Å². The number of benzene rings is 1. The third-order valence-electron chi connectivity index (χ3n) is 6.07. The van der Waals surface area contributed by atoms with Crippen molar-refractivity contribution in [3.8, 4) is 0 Å². The number of halogens is 1. The van der Waals surface area contributed by atoms with Gasteiger partial charge in [-0.25, -0.2) is 9.07 Å². The Kier molecular flexibility index (Phi) is 5.26. The Bertz CT molecular complexity index is 718. The molecular formula is C19H29FN6+2. The standard InChI is InChI=1S/C19H27FN6/c1-24-11-13-25(14-12-24)18(16-9-5-6-10-17(16)20)19-21-22-23-26(19)15-7-3-2-4-8-15/h5-6,9-10,15,18H,2-4,7-8,11-14H2,1H3/p+2/t18-/m0/s1. The number of nitrogens with one attached hydrogen (secondary N) is 2. The van der Waals surface area contributed by atoms with Crippen molar-refractivity contribution in [3.63, 3.8) is 0 Å². The van der Waals surface area contributed by atoms with Crippen LogP contribution in [-0.4, -0.2) is 53.4 Å². The van der Waals surface area contributed by atoms with E-state index in [4.69, 9.17) is 0 Å². The molecule has 0 bridgehead atoms. The Hall–Kier alpha value is -1.86. The number of quaternary nitrogens is 2. The fraction of sp³-hybridized carbons (Fsp3) is 0.632. The molecule has 0 spiro atoms. The predicted octanol–water partition coefficient (Wildman–Crippen LogP) is -0.180. The van der Waals surface area contributed by atoms with E-state index >= 15 is 0 Å². The summed E-state index contributed by atoms with van der Waals surface area (Å²) in [5.41, 5.74) is 0.717. The van der Waals surface area contributed by atoms with E-state index in [0.29, 0.717) is 11.6 Å². The number of hydrogen-bond acceptors (Lipinski definition) is 3. The van der Waals surface area contributed by atoms with Gasteiger partial charge in [-0.1, -0.05) is 31.4 Å². The van der Waals surface area contributed by atoms with Crippen molar-refractivity contribution in [2.24, 2.45) is 0 Å². The van der Waals surface area contributed by atoms with Crippen molar-refractivity contribution in [3.05, 3.63) is 41.5 Å². The van der Waals surface area contributed by atoms with Crippen molar-refractivity contribution in [2.75, 3.05) is 33.2 Å². The Morgan fingerprint density at radius 2 is 1.81 bits per heavy atom. The van der Waals surface area contributed by atoms with Crippen LogP contribution in [0.3, 0.4) is 0 Å². The van der Waals surface area contributed by atoms with Gasteiger partial charge in [0.2, 0.25) is 5.82 Å². The number of tetrazole rings is 1. The summed E-state index contributed by atoms with van der Waals surface area (Å²) in [6.07, 6.45) is 5.96. The van der Waals surface area contributed by atoms with Gasteiger partial charge in [0.1, 0.15) is 32.0 Å². The van der Waals surface area contributed by atoms with Crippen molar-refractivity contribution in [1.29, 1.82) is 0 Å². The maximum atomic E-state index is 14.7. The summed E-state index contributed by atoms with van der Waals surface area (Å²) in [5, 5.41) is 12.8. The van der Waals surface area contributed by atoms with Crippen LogP contribution in [0.5, 0.6) is 0 Å². The number of nitrogens with zero attached hydrogens (tertiary/aromatic N) is 4. The molecule has 1 aliphatic carbocycles. The summed E-state index contributed by atoms with van der Waals surface area (Å²) in [6.45, 7) is 4.18. The van der Waals surface area contributed by atoms with Gasteiger partial charge in [0.05, 0.1) is 18.7 Å². The van der Waals surface area contributed by atoms with E-state index in [9.17, 15) is 4.39 Å². The SMILES string of the molecule is C[NH+]1CC[NH+]([C@@H](c2ccccc2F)c2nnnn2C2CCCCC2)CC1. The van der Waals surface area contributed by atoms with Crippen LogP contribution in [0.25, 0.3) is 0 Å². The van der Waals surface area contributed by atoms with Gasteiger partial charge >= 0.3 is 0 Å². The lowest BCUT2D eigenvalue weighted by Crippen LogP contribution is -3.27. The number of likely N-dealkylation sites (N-methyl/N-ethyl adjacent to an activating group) is 1. The zero-order valence-electron chi connectivity index (χ0n) is 15.5. The average molecular weight is 360 g/mol. The second-order valence-electron chi connectivity index (χ2n) is 7.84. The van der Waals surface area contributed by atoms with Gasteiger partial charge in [0.15, 0.2) is 6.04 Å². The van der Waals surface area contributed by atoms with Gasteiger partial charge in [-0.05, 0) is 35.4 Å². The molecule has 2 aliphatic rings. The molecule has 2 N–H and O–H groups in total. The molecule has 0 radical (unpaired) electrons. The molecule has 0 unspecified atom stereocenters. The molecule has 2 aromatic rings. The zero-order valence-corrected chi connectivity index (χ0v) is 15.5. The first-order chi connectivity index (χ1) is 12.7. The minimum Gasteiger partial charge on any atom is -0.328 e. The molecule has 1 aromatic heterocycles. The number of aromatic nitrogens is 4. The molecule has 1 saturated carbocycles. The Balaban J connectivity index is 1.72. The predicted molar refractivity (Wildman–Crippen MR) is 95.5 cm³/mol. The first-order valence-electron chi connectivity index (χ1n) is 9.92. The molecule has 1 aliphatic heterocycles. The summed E-state index contributed by atoms with van der Waals surface area (Å²) >= 11 is 0. The first kappa shape index (κ1) is 17.5. The summed E-state index contributed by atoms with van der Waals surface area (Å²) in [4.78, 5) is 2.90. The summed E-state index contributed by atoms with van der Waals surface area (Å²) in [5.74, 6) is 0.672. The van der Waals surface area contributed by atoms with E-state index in [1.807, 2.05) is 16.8 Å². The number of hydrogen-bond donors (Lipinski definition) is 2. The molecule has 0 amide bonds. The Labute approximate surface area is 154 Å². The minimum absolute atomic E-state index is 0.138. The maximum absolute atomic E-state index is 14.7. The first-order valence-corrected chi connectivity index (χ1v) is 9.92. The lowest BCUT2D eigenvalue weighted by molar-refractivity contribution is -1.02. The van der Waals surface area contributed by atoms with Gasteiger partial charge in [-0.15, -0.1) is 5.10 Å². The molecule has 6 nitrogen and oxygen atoms in total. The minimum atomic E-state index is -0.158. The van der Waals surface area contributed by atoms with Crippen LogP contribution in [0.2, 0.25) is 0 Å². The fourth-order valence-electron chi connectivity index (χ4n) is 4.51. The zero-order chi connectivity index (χ0) is 17.9. The smallest absolute Gasteiger partial charge is 0.214 e. The van der Waals surface area contributed by atoms with Crippen LogP contribution >= 0.6 is 0 Å². The molecule has 1 atom stereocenters. The molecular weight excluding hydrogens is 331 g/mol. The van der Waals surface area contributed by atoms with Crippen molar-refractivity contribution >= 4 is 0 Å². The largest absolute Gasteiger partial charge is 0.328 e. The molecule has 7 heteroatoms. The third kappa shape index (κ3) is 3.50. The Morgan fingerprint density at radius 1 is 1.08 bits per heavy atom. The summed E-state index contributed by atoms with van der Waals surface area (Å²) < 4.78 is 16.7. The van der Waals surface area contributed by atoms with Crippen LogP contribution in [0.4, 0.5) is 4.39 Å². The van der Waals surface area contributed by atoms with E-state index in [1.54, 1.807) is 12.1 Å². The summed E-state index contributed by atoms with van der Waals surface area (Å²) in [6, 6.07) is 7.34. The average Bonchev–Trinajstić information content (AvgIpc) is 3.15. The molecule has 2 fully saturated rings. The highest BCUT2D eigenvalue weighted by Gasteiger charge is 2.37. The highest BCUT2D eigenvalue weighted by molar-refractivity contribution is 5.24. The van der Waals surface area contributed by atoms with Gasteiger partial charge in [0, 0.05) is 0 Å². The fourth-order valence-corrected chi connectivity index (χ4v) is 4.51. The van der Waals surface area contributed by atoms with E-state index < -0.39 is 0 Å². The third-order valence-corrected chi connectivity index (χ3v) is 6.07. The topological polar surface area (TPSA) is 52.5 Å². The molecule has 140 valence electrons. The molecule has 4 rings (SSSR count). The van der Waals surface area contributed by atoms with Crippen molar-refractivity contribution < 1.29 is 14.2 Å². The maximum Gasteiger partial charge on any atom is 0.214 e. The second kappa shape index (κ2) is 7.80. The Morgan fingerprint density at radius 3 is 2.54 bits per heavy atom. The van der Waals surface area contributed by atoms with E-state index in [1.165, 1.54) is 29.1 Å². The van der Waals surface area contributed by atoms with E-state index in [2.05, 4.69) is 22.6 Å². The highest BCUT2D eigenvalue weighted by atomic mass is 19.1. The van der Waals surface area contributed by atoms with E-state index in [-0.39, 0.29) is 11.9 Å². The lowest BCUT2D eigenvalue weighted by Gasteiger charge is -2.33. The van der Waals surface area contributed by atoms with Gasteiger partial charge < -0.3 is 9.80 Å². The molecule has 26 heavy (non-hydrogen) atoms. The molecule has 1 aromatic carbocycles. The lowest BCUT2D eigenvalue weighted by atomic mass is 9.95. The number of rotatable bonds is 4.